The van der Waals surface area contributed by atoms with E-state index in [0.29, 0.717) is 10.6 Å². The molecule has 1 unspecified atom stereocenters. The number of nitrogens with one attached hydrogen (secondary N) is 3. The molecule has 1 aromatic heterocycles. The predicted molar refractivity (Wildman–Crippen MR) is 91.9 cm³/mol. The summed E-state index contributed by atoms with van der Waals surface area (Å²) in [7, 11) is -1.71. The molecule has 0 bridgehead atoms. The van der Waals surface area contributed by atoms with Gasteiger partial charge in [-0.05, 0) is 44.5 Å². The third-order valence-electron chi connectivity index (χ3n) is 2.89. The van der Waals surface area contributed by atoms with E-state index in [0.717, 1.165) is 11.3 Å². The molecule has 2 amide bonds. The lowest BCUT2D eigenvalue weighted by molar-refractivity contribution is 0.244. The van der Waals surface area contributed by atoms with Gasteiger partial charge in [0.2, 0.25) is 0 Å². The number of hydrogen-bond donors (Lipinski definition) is 3. The van der Waals surface area contributed by atoms with Crippen molar-refractivity contribution in [3.63, 3.8) is 0 Å². The largest absolute Gasteiger partial charge is 0.354 e. The van der Waals surface area contributed by atoms with Crippen molar-refractivity contribution in [2.75, 3.05) is 5.32 Å². The second-order valence-electron chi connectivity index (χ2n) is 5.37. The summed E-state index contributed by atoms with van der Waals surface area (Å²) < 4.78 is 14.8. The molecule has 3 N–H and O–H groups in total. The zero-order valence-electron chi connectivity index (χ0n) is 13.3. The minimum atomic E-state index is -1.71. The van der Waals surface area contributed by atoms with Crippen LogP contribution in [0.5, 0.6) is 0 Å². The van der Waals surface area contributed by atoms with Crippen LogP contribution in [0.2, 0.25) is 0 Å². The fraction of sp³-hybridized carbons (Fsp3) is 0.250. The van der Waals surface area contributed by atoms with E-state index in [4.69, 9.17) is 0 Å². The fourth-order valence-corrected chi connectivity index (χ4v) is 2.75. The molecular weight excluding hydrogens is 312 g/mol. The molecule has 1 atom stereocenters. The van der Waals surface area contributed by atoms with E-state index in [1.165, 1.54) is 6.20 Å². The Hall–Kier alpha value is -2.41. The molecule has 0 aliphatic rings. The number of rotatable bonds is 5. The topological polar surface area (TPSA) is 83.1 Å². The standard InChI is InChI=1S/C16H20N4O2S/c1-11(2)18-16(21)20-23(22)15-10-17-8-7-14(15)19-13-6-4-5-12(3)9-13/h4-11H,1-3H3,(H,17,19)(H2,18,20,21). The minimum Gasteiger partial charge on any atom is -0.354 e. The molecule has 7 heteroatoms. The van der Waals surface area contributed by atoms with Crippen LogP contribution in [-0.2, 0) is 11.0 Å². The van der Waals surface area contributed by atoms with Gasteiger partial charge in [-0.25, -0.2) is 9.00 Å². The van der Waals surface area contributed by atoms with Crippen molar-refractivity contribution in [1.29, 1.82) is 0 Å². The Kier molecular flexibility index (Phi) is 5.70. The number of carbonyl (C=O) groups is 1. The second kappa shape index (κ2) is 7.73. The molecule has 2 rings (SSSR count). The summed E-state index contributed by atoms with van der Waals surface area (Å²) in [6.45, 7) is 5.66. The van der Waals surface area contributed by atoms with E-state index in [2.05, 4.69) is 20.3 Å². The Morgan fingerprint density at radius 3 is 2.74 bits per heavy atom. The number of nitrogens with zero attached hydrogens (tertiary/aromatic N) is 1. The van der Waals surface area contributed by atoms with Crippen molar-refractivity contribution in [3.8, 4) is 0 Å². The van der Waals surface area contributed by atoms with Crippen LogP contribution in [0, 0.1) is 6.92 Å². The molecule has 0 fully saturated rings. The lowest BCUT2D eigenvalue weighted by atomic mass is 10.2. The number of hydrogen-bond acceptors (Lipinski definition) is 4. The summed E-state index contributed by atoms with van der Waals surface area (Å²) in [5.41, 5.74) is 2.62. The van der Waals surface area contributed by atoms with Gasteiger partial charge in [0.05, 0.1) is 5.69 Å². The van der Waals surface area contributed by atoms with Crippen LogP contribution in [-0.4, -0.2) is 21.3 Å². The molecule has 0 aliphatic heterocycles. The lowest BCUT2D eigenvalue weighted by Gasteiger charge is -2.13. The van der Waals surface area contributed by atoms with E-state index in [1.807, 2.05) is 45.0 Å². The van der Waals surface area contributed by atoms with Crippen LogP contribution >= 0.6 is 0 Å². The van der Waals surface area contributed by atoms with Crippen LogP contribution < -0.4 is 15.4 Å². The van der Waals surface area contributed by atoms with Crippen LogP contribution in [0.25, 0.3) is 0 Å². The van der Waals surface area contributed by atoms with Gasteiger partial charge in [-0.3, -0.25) is 9.71 Å². The molecule has 0 aliphatic carbocycles. The van der Waals surface area contributed by atoms with Gasteiger partial charge in [0.25, 0.3) is 0 Å². The highest BCUT2D eigenvalue weighted by Gasteiger charge is 2.14. The van der Waals surface area contributed by atoms with Gasteiger partial charge in [-0.15, -0.1) is 0 Å². The molecule has 0 saturated heterocycles. The Bertz CT molecular complexity index is 719. The molecule has 23 heavy (non-hydrogen) atoms. The van der Waals surface area contributed by atoms with E-state index in [1.54, 1.807) is 12.3 Å². The maximum Gasteiger partial charge on any atom is 0.327 e. The van der Waals surface area contributed by atoms with E-state index >= 15 is 0 Å². The summed E-state index contributed by atoms with van der Waals surface area (Å²) in [6.07, 6.45) is 3.08. The number of anilines is 2. The molecule has 0 spiro atoms. The van der Waals surface area contributed by atoms with Crippen molar-refractivity contribution in [2.45, 2.75) is 31.7 Å². The molecule has 6 nitrogen and oxygen atoms in total. The van der Waals surface area contributed by atoms with E-state index in [-0.39, 0.29) is 6.04 Å². The zero-order chi connectivity index (χ0) is 16.8. The highest BCUT2D eigenvalue weighted by atomic mass is 32.2. The molecule has 2 aromatic rings. The van der Waals surface area contributed by atoms with Gasteiger partial charge < -0.3 is 10.6 Å². The average molecular weight is 332 g/mol. The third-order valence-corrected chi connectivity index (χ3v) is 3.98. The second-order valence-corrected chi connectivity index (χ2v) is 6.55. The van der Waals surface area contributed by atoms with Gasteiger partial charge in [0.1, 0.15) is 4.90 Å². The van der Waals surface area contributed by atoms with Crippen molar-refractivity contribution in [3.05, 3.63) is 48.3 Å². The van der Waals surface area contributed by atoms with E-state index < -0.39 is 17.0 Å². The maximum atomic E-state index is 12.4. The summed E-state index contributed by atoms with van der Waals surface area (Å²) in [4.78, 5) is 16.1. The van der Waals surface area contributed by atoms with Crippen molar-refractivity contribution < 1.29 is 9.00 Å². The van der Waals surface area contributed by atoms with Gasteiger partial charge in [0.15, 0.2) is 11.0 Å². The molecule has 1 aromatic carbocycles. The smallest absolute Gasteiger partial charge is 0.327 e. The van der Waals surface area contributed by atoms with Crippen molar-refractivity contribution >= 4 is 28.4 Å². The third kappa shape index (κ3) is 5.07. The molecule has 122 valence electrons. The monoisotopic (exact) mass is 332 g/mol. The predicted octanol–water partition coefficient (Wildman–Crippen LogP) is 2.86. The van der Waals surface area contributed by atoms with Crippen LogP contribution in [0.4, 0.5) is 16.2 Å². The van der Waals surface area contributed by atoms with E-state index in [9.17, 15) is 9.00 Å². The number of pyridine rings is 1. The number of urea groups is 1. The fourth-order valence-electron chi connectivity index (χ4n) is 1.94. The Morgan fingerprint density at radius 1 is 1.26 bits per heavy atom. The highest BCUT2D eigenvalue weighted by molar-refractivity contribution is 7.83. The number of aryl methyl sites for hydroxylation is 1. The summed E-state index contributed by atoms with van der Waals surface area (Å²) in [5.74, 6) is 0. The molecular formula is C16H20N4O2S. The first-order valence-electron chi connectivity index (χ1n) is 7.22. The quantitative estimate of drug-likeness (QED) is 0.786. The Balaban J connectivity index is 2.17. The summed E-state index contributed by atoms with van der Waals surface area (Å²) in [6, 6.07) is 9.02. The normalized spacial score (nSPS) is 11.8. The first-order valence-corrected chi connectivity index (χ1v) is 8.37. The maximum absolute atomic E-state index is 12.4. The number of amides is 2. The minimum absolute atomic E-state index is 0.0363. The Labute approximate surface area is 138 Å². The van der Waals surface area contributed by atoms with Crippen LogP contribution in [0.3, 0.4) is 0 Å². The highest BCUT2D eigenvalue weighted by Crippen LogP contribution is 2.22. The molecule has 0 saturated carbocycles. The molecule has 1 heterocycles. The number of aromatic nitrogens is 1. The van der Waals surface area contributed by atoms with Crippen molar-refractivity contribution in [1.82, 2.24) is 15.0 Å². The number of benzene rings is 1. The first kappa shape index (κ1) is 17.0. The van der Waals surface area contributed by atoms with Gasteiger partial charge in [0, 0.05) is 24.1 Å². The summed E-state index contributed by atoms with van der Waals surface area (Å²) >= 11 is 0. The Morgan fingerprint density at radius 2 is 2.04 bits per heavy atom. The molecule has 0 radical (unpaired) electrons. The van der Waals surface area contributed by atoms with Gasteiger partial charge in [-0.2, -0.15) is 0 Å². The average Bonchev–Trinajstić information content (AvgIpc) is 2.46. The lowest BCUT2D eigenvalue weighted by Crippen LogP contribution is -2.40. The first-order chi connectivity index (χ1) is 11.0. The SMILES string of the molecule is Cc1cccc(Nc2ccncc2S(=O)NC(=O)NC(C)C)c1. The van der Waals surface area contributed by atoms with Crippen molar-refractivity contribution in [2.24, 2.45) is 0 Å². The summed E-state index contributed by atoms with van der Waals surface area (Å²) in [5, 5.41) is 5.84. The zero-order valence-corrected chi connectivity index (χ0v) is 14.1. The van der Waals surface area contributed by atoms with Crippen LogP contribution in [0.15, 0.2) is 47.6 Å². The van der Waals surface area contributed by atoms with Crippen LogP contribution in [0.1, 0.15) is 19.4 Å². The van der Waals surface area contributed by atoms with Gasteiger partial charge >= 0.3 is 6.03 Å². The van der Waals surface area contributed by atoms with Gasteiger partial charge in [-0.1, -0.05) is 12.1 Å². The number of carbonyl (C=O) groups excluding carboxylic acids is 1.